The predicted molar refractivity (Wildman–Crippen MR) is 121 cm³/mol. The van der Waals surface area contributed by atoms with Crippen molar-refractivity contribution < 1.29 is 5.11 Å². The van der Waals surface area contributed by atoms with Gasteiger partial charge in [-0.15, -0.1) is 22.7 Å². The van der Waals surface area contributed by atoms with Crippen molar-refractivity contribution in [2.45, 2.75) is 25.8 Å². The van der Waals surface area contributed by atoms with Crippen LogP contribution in [0.5, 0.6) is 5.75 Å². The molecular formula is C22H22N4OS2. The lowest BCUT2D eigenvalue weighted by Crippen LogP contribution is -2.28. The Kier molecular flexibility index (Phi) is 5.18. The average Bonchev–Trinajstić information content (AvgIpc) is 3.36. The molecule has 0 unspecified atom stereocenters. The molecule has 0 spiro atoms. The van der Waals surface area contributed by atoms with Crippen molar-refractivity contribution in [3.8, 4) is 15.5 Å². The Balaban J connectivity index is 1.40. The molecule has 3 aromatic heterocycles. The van der Waals surface area contributed by atoms with E-state index in [0.29, 0.717) is 0 Å². The number of phenols is 1. The van der Waals surface area contributed by atoms with Crippen LogP contribution < -0.4 is 5.32 Å². The van der Waals surface area contributed by atoms with Gasteiger partial charge in [0, 0.05) is 28.1 Å². The van der Waals surface area contributed by atoms with Crippen molar-refractivity contribution in [3.05, 3.63) is 53.7 Å². The normalized spacial score (nSPS) is 15.0. The maximum atomic E-state index is 9.70. The quantitative estimate of drug-likeness (QED) is 0.422. The van der Waals surface area contributed by atoms with Crippen LogP contribution in [0.2, 0.25) is 0 Å². The molecule has 0 amide bonds. The number of hydrogen-bond donors (Lipinski definition) is 2. The number of benzene rings is 1. The summed E-state index contributed by atoms with van der Waals surface area (Å²) in [6, 6.07) is 11.5. The van der Waals surface area contributed by atoms with E-state index in [-0.39, 0.29) is 5.75 Å². The second kappa shape index (κ2) is 8.10. The number of rotatable bonds is 5. The van der Waals surface area contributed by atoms with E-state index in [4.69, 9.17) is 0 Å². The molecule has 0 aliphatic carbocycles. The van der Waals surface area contributed by atoms with Crippen molar-refractivity contribution in [2.24, 2.45) is 0 Å². The molecule has 0 atom stereocenters. The number of anilines is 2. The highest BCUT2D eigenvalue weighted by molar-refractivity contribution is 7.26. The number of phenolic OH excluding ortho intramolecular Hbond substituents is 1. The van der Waals surface area contributed by atoms with Crippen LogP contribution in [0.4, 0.5) is 11.5 Å². The molecule has 29 heavy (non-hydrogen) atoms. The van der Waals surface area contributed by atoms with Crippen LogP contribution in [0, 0.1) is 0 Å². The third kappa shape index (κ3) is 4.12. The van der Waals surface area contributed by atoms with Crippen LogP contribution in [0.3, 0.4) is 0 Å². The van der Waals surface area contributed by atoms with Gasteiger partial charge in [-0.1, -0.05) is 12.5 Å². The van der Waals surface area contributed by atoms with Crippen LogP contribution in [0.15, 0.2) is 48.1 Å². The minimum atomic E-state index is 0.229. The second-order valence-electron chi connectivity index (χ2n) is 7.38. The molecule has 7 heteroatoms. The lowest BCUT2D eigenvalue weighted by atomic mass is 10.1. The molecule has 1 aliphatic heterocycles. The first kappa shape index (κ1) is 18.5. The first-order valence-electron chi connectivity index (χ1n) is 9.85. The zero-order valence-corrected chi connectivity index (χ0v) is 17.6. The Morgan fingerprint density at radius 1 is 1.03 bits per heavy atom. The largest absolute Gasteiger partial charge is 0.508 e. The highest BCUT2D eigenvalue weighted by Crippen LogP contribution is 2.39. The number of nitrogens with one attached hydrogen (secondary N) is 1. The lowest BCUT2D eigenvalue weighted by molar-refractivity contribution is 0.221. The number of fused-ring (bicyclic) bond motifs is 1. The van der Waals surface area contributed by atoms with E-state index in [2.05, 4.69) is 37.7 Å². The lowest BCUT2D eigenvalue weighted by Gasteiger charge is -2.25. The topological polar surface area (TPSA) is 61.3 Å². The molecule has 1 aliphatic rings. The van der Waals surface area contributed by atoms with Crippen molar-refractivity contribution >= 4 is 44.4 Å². The molecule has 0 saturated carbocycles. The molecule has 0 radical (unpaired) electrons. The van der Waals surface area contributed by atoms with E-state index in [9.17, 15) is 5.11 Å². The molecule has 148 valence electrons. The molecule has 4 heterocycles. The molecule has 5 rings (SSSR count). The van der Waals surface area contributed by atoms with Gasteiger partial charge in [-0.3, -0.25) is 4.90 Å². The van der Waals surface area contributed by atoms with Crippen molar-refractivity contribution in [3.63, 3.8) is 0 Å². The Morgan fingerprint density at radius 3 is 2.79 bits per heavy atom. The Labute approximate surface area is 177 Å². The van der Waals surface area contributed by atoms with Gasteiger partial charge in [0.1, 0.15) is 12.1 Å². The maximum absolute atomic E-state index is 9.70. The van der Waals surface area contributed by atoms with E-state index in [1.807, 2.05) is 12.1 Å². The van der Waals surface area contributed by atoms with Gasteiger partial charge in [-0.25, -0.2) is 9.97 Å². The predicted octanol–water partition coefficient (Wildman–Crippen LogP) is 5.85. The van der Waals surface area contributed by atoms with E-state index < -0.39 is 0 Å². The van der Waals surface area contributed by atoms with Gasteiger partial charge < -0.3 is 10.4 Å². The molecule has 1 aromatic carbocycles. The first-order chi connectivity index (χ1) is 14.2. The number of aromatic nitrogens is 2. The van der Waals surface area contributed by atoms with Crippen LogP contribution in [0.25, 0.3) is 20.0 Å². The first-order valence-corrected chi connectivity index (χ1v) is 11.5. The SMILES string of the molecule is Oc1cccc(Nc2ncnc3cc(-c4cc(CN5CCCCC5)cs4)sc23)c1. The zero-order chi connectivity index (χ0) is 19.6. The van der Waals surface area contributed by atoms with Gasteiger partial charge in [0.15, 0.2) is 5.82 Å². The smallest absolute Gasteiger partial charge is 0.151 e. The van der Waals surface area contributed by atoms with Gasteiger partial charge in [0.25, 0.3) is 0 Å². The van der Waals surface area contributed by atoms with E-state index in [0.717, 1.165) is 28.3 Å². The summed E-state index contributed by atoms with van der Waals surface area (Å²) in [6.45, 7) is 3.48. The summed E-state index contributed by atoms with van der Waals surface area (Å²) >= 11 is 3.51. The van der Waals surface area contributed by atoms with Crippen molar-refractivity contribution in [1.82, 2.24) is 14.9 Å². The van der Waals surface area contributed by atoms with E-state index in [1.165, 1.54) is 47.7 Å². The highest BCUT2D eigenvalue weighted by Gasteiger charge is 2.15. The average molecular weight is 423 g/mol. The number of likely N-dealkylation sites (tertiary alicyclic amines) is 1. The number of hydrogen-bond acceptors (Lipinski definition) is 7. The number of thiophene rings is 2. The van der Waals surface area contributed by atoms with Gasteiger partial charge in [-0.05, 0) is 61.1 Å². The summed E-state index contributed by atoms with van der Waals surface area (Å²) in [5, 5.41) is 15.3. The molecule has 0 bridgehead atoms. The van der Waals surface area contributed by atoms with Crippen molar-refractivity contribution in [1.29, 1.82) is 0 Å². The number of aromatic hydroxyl groups is 1. The van der Waals surface area contributed by atoms with Gasteiger partial charge in [0.2, 0.25) is 0 Å². The van der Waals surface area contributed by atoms with Crippen LogP contribution >= 0.6 is 22.7 Å². The molecule has 4 aromatic rings. The van der Waals surface area contributed by atoms with Gasteiger partial charge in [0.05, 0.1) is 10.2 Å². The Hall–Kier alpha value is -2.48. The van der Waals surface area contributed by atoms with Gasteiger partial charge >= 0.3 is 0 Å². The molecule has 2 N–H and O–H groups in total. The second-order valence-corrected chi connectivity index (χ2v) is 9.34. The zero-order valence-electron chi connectivity index (χ0n) is 16.0. The monoisotopic (exact) mass is 422 g/mol. The summed E-state index contributed by atoms with van der Waals surface area (Å²) in [6.07, 6.45) is 5.59. The summed E-state index contributed by atoms with van der Waals surface area (Å²) in [7, 11) is 0. The van der Waals surface area contributed by atoms with Crippen LogP contribution in [0.1, 0.15) is 24.8 Å². The third-order valence-corrected chi connectivity index (χ3v) is 7.48. The fourth-order valence-corrected chi connectivity index (χ4v) is 5.80. The van der Waals surface area contributed by atoms with Crippen LogP contribution in [-0.4, -0.2) is 33.1 Å². The molecular weight excluding hydrogens is 400 g/mol. The fourth-order valence-electron chi connectivity index (χ4n) is 3.75. The molecule has 5 nitrogen and oxygen atoms in total. The summed E-state index contributed by atoms with van der Waals surface area (Å²) in [4.78, 5) is 13.9. The standard InChI is InChI=1S/C22H22N4OS2/c27-17-6-4-5-16(10-17)25-22-21-18(23-14-24-22)11-20(29-21)19-9-15(13-28-19)12-26-7-2-1-3-8-26/h4-6,9-11,13-14,27H,1-3,7-8,12H2,(H,23,24,25). The molecule has 1 saturated heterocycles. The fraction of sp³-hybridized carbons (Fsp3) is 0.273. The Morgan fingerprint density at radius 2 is 1.93 bits per heavy atom. The molecule has 1 fully saturated rings. The van der Waals surface area contributed by atoms with Gasteiger partial charge in [-0.2, -0.15) is 0 Å². The minimum Gasteiger partial charge on any atom is -0.508 e. The highest BCUT2D eigenvalue weighted by atomic mass is 32.1. The minimum absolute atomic E-state index is 0.229. The van der Waals surface area contributed by atoms with E-state index >= 15 is 0 Å². The number of nitrogens with zero attached hydrogens (tertiary/aromatic N) is 3. The summed E-state index contributed by atoms with van der Waals surface area (Å²) < 4.78 is 1.02. The van der Waals surface area contributed by atoms with Crippen molar-refractivity contribution in [2.75, 3.05) is 18.4 Å². The van der Waals surface area contributed by atoms with Crippen LogP contribution in [-0.2, 0) is 6.54 Å². The summed E-state index contributed by atoms with van der Waals surface area (Å²) in [5.74, 6) is 0.994. The maximum Gasteiger partial charge on any atom is 0.151 e. The Bertz CT molecular complexity index is 1130. The number of piperidine rings is 1. The van der Waals surface area contributed by atoms with E-state index in [1.54, 1.807) is 41.1 Å². The summed E-state index contributed by atoms with van der Waals surface area (Å²) in [5.41, 5.74) is 3.14. The third-order valence-electron chi connectivity index (χ3n) is 5.17.